The molecule has 2 fully saturated rings. The third-order valence-corrected chi connectivity index (χ3v) is 5.10. The zero-order chi connectivity index (χ0) is 18.1. The van der Waals surface area contributed by atoms with Gasteiger partial charge in [0.2, 0.25) is 11.8 Å². The lowest BCUT2D eigenvalue weighted by Gasteiger charge is -2.44. The Bertz CT molecular complexity index is 712. The summed E-state index contributed by atoms with van der Waals surface area (Å²) in [4.78, 5) is 44.4. The highest BCUT2D eigenvalue weighted by molar-refractivity contribution is 5.96. The predicted octanol–water partition coefficient (Wildman–Crippen LogP) is 0.371. The van der Waals surface area contributed by atoms with Crippen molar-refractivity contribution in [2.45, 2.75) is 32.7 Å². The highest BCUT2D eigenvalue weighted by atomic mass is 16.2. The number of amides is 3. The van der Waals surface area contributed by atoms with Gasteiger partial charge in [-0.25, -0.2) is 0 Å². The number of rotatable bonds is 4. The summed E-state index contributed by atoms with van der Waals surface area (Å²) < 4.78 is 0. The molecule has 1 N–H and O–H groups in total. The number of likely N-dealkylation sites (tertiary alicyclic amines) is 2. The number of carbonyl (C=O) groups is 3. The summed E-state index contributed by atoms with van der Waals surface area (Å²) >= 11 is 0. The minimum Gasteiger partial charge on any atom is -0.359 e. The third-order valence-electron chi connectivity index (χ3n) is 5.10. The summed E-state index contributed by atoms with van der Waals surface area (Å²) in [5, 5.41) is 2.60. The zero-order valence-electron chi connectivity index (χ0n) is 14.9. The molecule has 2 aliphatic heterocycles. The lowest BCUT2D eigenvalue weighted by Crippen LogP contribution is -2.61. The molecule has 3 rings (SSSR count). The summed E-state index contributed by atoms with van der Waals surface area (Å²) in [6.45, 7) is 5.35. The van der Waals surface area contributed by atoms with Gasteiger partial charge in [0.1, 0.15) is 0 Å². The van der Waals surface area contributed by atoms with Crippen LogP contribution in [0.1, 0.15) is 35.1 Å². The molecule has 1 aromatic heterocycles. The molecule has 2 saturated heterocycles. The average Bonchev–Trinajstić information content (AvgIpc) is 2.94. The normalized spacial score (nSPS) is 20.6. The molecular weight excluding hydrogens is 320 g/mol. The average molecular weight is 344 g/mol. The largest absolute Gasteiger partial charge is 0.359 e. The van der Waals surface area contributed by atoms with Gasteiger partial charge in [-0.3, -0.25) is 19.4 Å². The van der Waals surface area contributed by atoms with Crippen molar-refractivity contribution in [2.75, 3.05) is 26.7 Å². The maximum atomic E-state index is 12.6. The first kappa shape index (κ1) is 17.4. The molecule has 134 valence electrons. The van der Waals surface area contributed by atoms with E-state index in [9.17, 15) is 14.4 Å². The molecule has 0 bridgehead atoms. The monoisotopic (exact) mass is 344 g/mol. The summed E-state index contributed by atoms with van der Waals surface area (Å²) in [5.41, 5.74) is 2.33. The van der Waals surface area contributed by atoms with E-state index in [1.165, 1.54) is 0 Å². The first-order chi connectivity index (χ1) is 11.9. The van der Waals surface area contributed by atoms with E-state index in [-0.39, 0.29) is 36.1 Å². The number of pyridine rings is 1. The summed E-state index contributed by atoms with van der Waals surface area (Å²) in [5.74, 6) is -0.426. The van der Waals surface area contributed by atoms with Gasteiger partial charge in [-0.1, -0.05) is 6.92 Å². The first-order valence-electron chi connectivity index (χ1n) is 8.71. The summed E-state index contributed by atoms with van der Waals surface area (Å²) in [6, 6.07) is 3.73. The van der Waals surface area contributed by atoms with Crippen molar-refractivity contribution in [1.82, 2.24) is 20.1 Å². The van der Waals surface area contributed by atoms with Gasteiger partial charge in [0.05, 0.1) is 23.2 Å². The second-order valence-electron chi connectivity index (χ2n) is 6.71. The molecule has 0 aromatic carbocycles. The molecule has 3 amide bonds. The van der Waals surface area contributed by atoms with Crippen molar-refractivity contribution in [3.05, 3.63) is 29.1 Å². The van der Waals surface area contributed by atoms with Crippen molar-refractivity contribution in [2.24, 2.45) is 5.92 Å². The second kappa shape index (κ2) is 6.82. The molecule has 7 nitrogen and oxygen atoms in total. The minimum atomic E-state index is -0.282. The van der Waals surface area contributed by atoms with Gasteiger partial charge in [-0.05, 0) is 25.5 Å². The lowest BCUT2D eigenvalue weighted by atomic mass is 10.0. The fourth-order valence-corrected chi connectivity index (χ4v) is 3.49. The SMILES string of the molecule is CCc1ccc(C(=O)N2CC(N3CC(C(=O)NC)CC3=O)C2)c(C)n1. The Morgan fingerprint density at radius 3 is 2.60 bits per heavy atom. The summed E-state index contributed by atoms with van der Waals surface area (Å²) in [6.07, 6.45) is 1.09. The Morgan fingerprint density at radius 2 is 2.00 bits per heavy atom. The van der Waals surface area contributed by atoms with Crippen molar-refractivity contribution >= 4 is 17.7 Å². The van der Waals surface area contributed by atoms with Crippen LogP contribution in [0.4, 0.5) is 0 Å². The molecule has 0 spiro atoms. The van der Waals surface area contributed by atoms with Crippen LogP contribution in [0.5, 0.6) is 0 Å². The van der Waals surface area contributed by atoms with E-state index in [1.807, 2.05) is 26.0 Å². The van der Waals surface area contributed by atoms with Gasteiger partial charge < -0.3 is 15.1 Å². The van der Waals surface area contributed by atoms with Crippen LogP contribution in [0.3, 0.4) is 0 Å². The second-order valence-corrected chi connectivity index (χ2v) is 6.71. The van der Waals surface area contributed by atoms with Crippen molar-refractivity contribution in [3.8, 4) is 0 Å². The maximum Gasteiger partial charge on any atom is 0.255 e. The van der Waals surface area contributed by atoms with E-state index in [2.05, 4.69) is 10.3 Å². The zero-order valence-corrected chi connectivity index (χ0v) is 14.9. The van der Waals surface area contributed by atoms with Crippen LogP contribution in [0, 0.1) is 12.8 Å². The topological polar surface area (TPSA) is 82.6 Å². The van der Waals surface area contributed by atoms with Gasteiger partial charge in [0.15, 0.2) is 0 Å². The van der Waals surface area contributed by atoms with Crippen molar-refractivity contribution in [3.63, 3.8) is 0 Å². The highest BCUT2D eigenvalue weighted by Gasteiger charge is 2.43. The smallest absolute Gasteiger partial charge is 0.255 e. The quantitative estimate of drug-likeness (QED) is 0.856. The molecule has 0 aliphatic carbocycles. The standard InChI is InChI=1S/C18H24N4O3/c1-4-13-5-6-15(11(2)20-13)18(25)21-9-14(10-21)22-8-12(7-16(22)23)17(24)19-3/h5-6,12,14H,4,7-10H2,1-3H3,(H,19,24). The Morgan fingerprint density at radius 1 is 1.28 bits per heavy atom. The Labute approximate surface area is 147 Å². The Kier molecular flexibility index (Phi) is 4.74. The number of aryl methyl sites for hydroxylation is 2. The van der Waals surface area contributed by atoms with Gasteiger partial charge in [-0.15, -0.1) is 0 Å². The fourth-order valence-electron chi connectivity index (χ4n) is 3.49. The van der Waals surface area contributed by atoms with Crippen molar-refractivity contribution in [1.29, 1.82) is 0 Å². The van der Waals surface area contributed by atoms with E-state index >= 15 is 0 Å². The van der Waals surface area contributed by atoms with E-state index in [0.717, 1.165) is 17.8 Å². The van der Waals surface area contributed by atoms with Gasteiger partial charge >= 0.3 is 0 Å². The number of nitrogens with one attached hydrogen (secondary N) is 1. The number of hydrogen-bond acceptors (Lipinski definition) is 4. The fraction of sp³-hybridized carbons (Fsp3) is 0.556. The molecular formula is C18H24N4O3. The highest BCUT2D eigenvalue weighted by Crippen LogP contribution is 2.26. The molecule has 0 saturated carbocycles. The van der Waals surface area contributed by atoms with Crippen LogP contribution in [0.25, 0.3) is 0 Å². The van der Waals surface area contributed by atoms with Crippen LogP contribution < -0.4 is 5.32 Å². The molecule has 1 atom stereocenters. The van der Waals surface area contributed by atoms with Gasteiger partial charge in [0, 0.05) is 38.8 Å². The van der Waals surface area contributed by atoms with E-state index < -0.39 is 0 Å². The van der Waals surface area contributed by atoms with Crippen LogP contribution in [-0.2, 0) is 16.0 Å². The van der Waals surface area contributed by atoms with Crippen LogP contribution in [-0.4, -0.2) is 65.2 Å². The van der Waals surface area contributed by atoms with Crippen molar-refractivity contribution < 1.29 is 14.4 Å². The first-order valence-corrected chi connectivity index (χ1v) is 8.71. The maximum absolute atomic E-state index is 12.6. The predicted molar refractivity (Wildman–Crippen MR) is 91.9 cm³/mol. The molecule has 7 heteroatoms. The number of carbonyl (C=O) groups excluding carboxylic acids is 3. The van der Waals surface area contributed by atoms with E-state index in [4.69, 9.17) is 0 Å². The van der Waals surface area contributed by atoms with E-state index in [0.29, 0.717) is 25.2 Å². The molecule has 1 aromatic rings. The van der Waals surface area contributed by atoms with Gasteiger partial charge in [-0.2, -0.15) is 0 Å². The Balaban J connectivity index is 1.60. The molecule has 3 heterocycles. The third kappa shape index (κ3) is 3.23. The van der Waals surface area contributed by atoms with Gasteiger partial charge in [0.25, 0.3) is 5.91 Å². The van der Waals surface area contributed by atoms with Crippen LogP contribution >= 0.6 is 0 Å². The molecule has 0 radical (unpaired) electrons. The van der Waals surface area contributed by atoms with Crippen LogP contribution in [0.15, 0.2) is 12.1 Å². The minimum absolute atomic E-state index is 0.00385. The van der Waals surface area contributed by atoms with E-state index in [1.54, 1.807) is 16.8 Å². The lowest BCUT2D eigenvalue weighted by molar-refractivity contribution is -0.132. The number of aromatic nitrogens is 1. The van der Waals surface area contributed by atoms with Crippen LogP contribution in [0.2, 0.25) is 0 Å². The Hall–Kier alpha value is -2.44. The summed E-state index contributed by atoms with van der Waals surface area (Å²) in [7, 11) is 1.58. The molecule has 1 unspecified atom stereocenters. The number of hydrogen-bond donors (Lipinski definition) is 1. The molecule has 2 aliphatic rings. The number of nitrogens with zero attached hydrogens (tertiary/aromatic N) is 3. The molecule has 25 heavy (non-hydrogen) atoms.